The number of ether oxygens (including phenoxy) is 1. The molecule has 1 heterocycles. The molecular formula is C18H17N3O3. The lowest BCUT2D eigenvalue weighted by atomic mass is 10.2. The Morgan fingerprint density at radius 1 is 1.12 bits per heavy atom. The third kappa shape index (κ3) is 3.43. The summed E-state index contributed by atoms with van der Waals surface area (Å²) in [6.45, 7) is 1.66. The molecule has 0 saturated carbocycles. The fourth-order valence-electron chi connectivity index (χ4n) is 2.21. The van der Waals surface area contributed by atoms with Crippen LogP contribution in [0.15, 0.2) is 59.1 Å². The van der Waals surface area contributed by atoms with E-state index in [-0.39, 0.29) is 12.5 Å². The zero-order valence-electron chi connectivity index (χ0n) is 13.5. The fraction of sp³-hybridized carbons (Fsp3) is 0.167. The van der Waals surface area contributed by atoms with Gasteiger partial charge in [0.15, 0.2) is 12.4 Å². The van der Waals surface area contributed by atoms with Crippen LogP contribution in [0, 0.1) is 6.92 Å². The van der Waals surface area contributed by atoms with E-state index in [1.54, 1.807) is 24.9 Å². The number of hydrogen-bond acceptors (Lipinski definition) is 5. The Kier molecular flexibility index (Phi) is 4.56. The average molecular weight is 323 g/mol. The van der Waals surface area contributed by atoms with E-state index < -0.39 is 0 Å². The Morgan fingerprint density at radius 2 is 1.83 bits per heavy atom. The molecular weight excluding hydrogens is 306 g/mol. The number of aromatic nitrogens is 2. The number of anilines is 1. The Hall–Kier alpha value is -3.15. The van der Waals surface area contributed by atoms with Crippen molar-refractivity contribution in [2.75, 3.05) is 18.6 Å². The van der Waals surface area contributed by atoms with Gasteiger partial charge in [0, 0.05) is 12.7 Å². The standard InChI is InChI=1S/C18H17N3O3/c1-13-19-18(24-20-13)15-10-6-7-11-16(15)23-12-17(22)21(2)14-8-4-3-5-9-14/h3-11H,12H2,1-2H3. The molecule has 0 aliphatic carbocycles. The maximum Gasteiger partial charge on any atom is 0.264 e. The molecule has 0 bridgehead atoms. The minimum absolute atomic E-state index is 0.0878. The predicted octanol–water partition coefficient (Wildman–Crippen LogP) is 3.09. The van der Waals surface area contributed by atoms with Gasteiger partial charge in [-0.2, -0.15) is 4.98 Å². The molecule has 0 saturated heterocycles. The van der Waals surface area contributed by atoms with Crippen molar-refractivity contribution in [2.24, 2.45) is 0 Å². The van der Waals surface area contributed by atoms with E-state index >= 15 is 0 Å². The van der Waals surface area contributed by atoms with Crippen molar-refractivity contribution in [1.82, 2.24) is 10.1 Å². The summed E-state index contributed by atoms with van der Waals surface area (Å²) < 4.78 is 10.9. The Morgan fingerprint density at radius 3 is 2.54 bits per heavy atom. The summed E-state index contributed by atoms with van der Waals surface area (Å²) >= 11 is 0. The third-order valence-electron chi connectivity index (χ3n) is 3.51. The van der Waals surface area contributed by atoms with Gasteiger partial charge in [0.2, 0.25) is 0 Å². The van der Waals surface area contributed by atoms with Gasteiger partial charge >= 0.3 is 0 Å². The van der Waals surface area contributed by atoms with Crippen LogP contribution in [-0.4, -0.2) is 29.7 Å². The Bertz CT molecular complexity index is 830. The first-order chi connectivity index (χ1) is 11.6. The lowest BCUT2D eigenvalue weighted by Crippen LogP contribution is -2.31. The number of benzene rings is 2. The normalized spacial score (nSPS) is 10.4. The molecule has 1 aromatic heterocycles. The SMILES string of the molecule is Cc1noc(-c2ccccc2OCC(=O)N(C)c2ccccc2)n1. The predicted molar refractivity (Wildman–Crippen MR) is 89.8 cm³/mol. The first-order valence-electron chi connectivity index (χ1n) is 7.49. The van der Waals surface area contributed by atoms with Crippen LogP contribution in [-0.2, 0) is 4.79 Å². The van der Waals surface area contributed by atoms with E-state index in [1.807, 2.05) is 48.5 Å². The van der Waals surface area contributed by atoms with Crippen molar-refractivity contribution >= 4 is 11.6 Å². The van der Waals surface area contributed by atoms with Crippen LogP contribution in [0.1, 0.15) is 5.82 Å². The van der Waals surface area contributed by atoms with Gasteiger partial charge in [-0.3, -0.25) is 4.79 Å². The number of likely N-dealkylation sites (N-methyl/N-ethyl adjacent to an activating group) is 1. The number of nitrogens with zero attached hydrogens (tertiary/aromatic N) is 3. The molecule has 0 fully saturated rings. The van der Waals surface area contributed by atoms with Gasteiger partial charge in [0.1, 0.15) is 5.75 Å². The Balaban J connectivity index is 1.72. The van der Waals surface area contributed by atoms with Gasteiger partial charge in [0.05, 0.1) is 5.56 Å². The van der Waals surface area contributed by atoms with Gasteiger partial charge in [-0.05, 0) is 31.2 Å². The highest BCUT2D eigenvalue weighted by atomic mass is 16.5. The molecule has 0 spiro atoms. The van der Waals surface area contributed by atoms with Crippen molar-refractivity contribution in [3.63, 3.8) is 0 Å². The van der Waals surface area contributed by atoms with E-state index in [4.69, 9.17) is 9.26 Å². The topological polar surface area (TPSA) is 68.5 Å². The number of para-hydroxylation sites is 2. The second-order valence-electron chi connectivity index (χ2n) is 5.22. The number of amides is 1. The van der Waals surface area contributed by atoms with Crippen LogP contribution in [0.4, 0.5) is 5.69 Å². The van der Waals surface area contributed by atoms with E-state index in [1.165, 1.54) is 0 Å². The second-order valence-corrected chi connectivity index (χ2v) is 5.22. The van der Waals surface area contributed by atoms with E-state index in [9.17, 15) is 4.79 Å². The molecule has 122 valence electrons. The third-order valence-corrected chi connectivity index (χ3v) is 3.51. The summed E-state index contributed by atoms with van der Waals surface area (Å²) in [4.78, 5) is 18.1. The lowest BCUT2D eigenvalue weighted by molar-refractivity contribution is -0.120. The molecule has 3 aromatic rings. The summed E-state index contributed by atoms with van der Waals surface area (Å²) in [5, 5.41) is 3.78. The molecule has 0 radical (unpaired) electrons. The monoisotopic (exact) mass is 323 g/mol. The molecule has 0 unspecified atom stereocenters. The van der Waals surface area contributed by atoms with Crippen LogP contribution in [0.2, 0.25) is 0 Å². The summed E-state index contributed by atoms with van der Waals surface area (Å²) in [6.07, 6.45) is 0. The molecule has 24 heavy (non-hydrogen) atoms. The minimum Gasteiger partial charge on any atom is -0.483 e. The molecule has 2 aromatic carbocycles. The second kappa shape index (κ2) is 6.95. The van der Waals surface area contributed by atoms with E-state index in [2.05, 4.69) is 10.1 Å². The summed E-state index contributed by atoms with van der Waals surface area (Å²) in [5.74, 6) is 1.28. The highest BCUT2D eigenvalue weighted by Gasteiger charge is 2.15. The largest absolute Gasteiger partial charge is 0.483 e. The molecule has 1 amide bonds. The smallest absolute Gasteiger partial charge is 0.264 e. The summed E-state index contributed by atoms with van der Waals surface area (Å²) in [7, 11) is 1.72. The quantitative estimate of drug-likeness (QED) is 0.722. The summed E-state index contributed by atoms with van der Waals surface area (Å²) in [5.41, 5.74) is 1.47. The first kappa shape index (κ1) is 15.7. The summed E-state index contributed by atoms with van der Waals surface area (Å²) in [6, 6.07) is 16.7. The molecule has 0 aliphatic heterocycles. The number of aryl methyl sites for hydroxylation is 1. The zero-order chi connectivity index (χ0) is 16.9. The zero-order valence-corrected chi connectivity index (χ0v) is 13.5. The first-order valence-corrected chi connectivity index (χ1v) is 7.49. The van der Waals surface area contributed by atoms with Gasteiger partial charge in [-0.15, -0.1) is 0 Å². The van der Waals surface area contributed by atoms with Crippen LogP contribution >= 0.6 is 0 Å². The molecule has 0 atom stereocenters. The van der Waals surface area contributed by atoms with Crippen molar-refractivity contribution in [2.45, 2.75) is 6.92 Å². The van der Waals surface area contributed by atoms with Crippen molar-refractivity contribution < 1.29 is 14.1 Å². The van der Waals surface area contributed by atoms with E-state index in [0.29, 0.717) is 23.0 Å². The van der Waals surface area contributed by atoms with Gasteiger partial charge in [-0.1, -0.05) is 35.5 Å². The average Bonchev–Trinajstić information content (AvgIpc) is 3.06. The van der Waals surface area contributed by atoms with Gasteiger partial charge < -0.3 is 14.2 Å². The van der Waals surface area contributed by atoms with Gasteiger partial charge in [-0.25, -0.2) is 0 Å². The number of carbonyl (C=O) groups excluding carboxylic acids is 1. The van der Waals surface area contributed by atoms with Crippen molar-refractivity contribution in [1.29, 1.82) is 0 Å². The number of rotatable bonds is 5. The Labute approximate surface area is 139 Å². The minimum atomic E-state index is -0.155. The lowest BCUT2D eigenvalue weighted by Gasteiger charge is -2.18. The highest BCUT2D eigenvalue weighted by Crippen LogP contribution is 2.28. The molecule has 6 heteroatoms. The van der Waals surface area contributed by atoms with Crippen molar-refractivity contribution in [3.05, 3.63) is 60.4 Å². The molecule has 0 N–H and O–H groups in total. The highest BCUT2D eigenvalue weighted by molar-refractivity contribution is 5.93. The number of hydrogen-bond donors (Lipinski definition) is 0. The molecule has 6 nitrogen and oxygen atoms in total. The van der Waals surface area contributed by atoms with Crippen LogP contribution in [0.25, 0.3) is 11.5 Å². The van der Waals surface area contributed by atoms with Crippen LogP contribution in [0.3, 0.4) is 0 Å². The van der Waals surface area contributed by atoms with E-state index in [0.717, 1.165) is 5.69 Å². The van der Waals surface area contributed by atoms with Crippen molar-refractivity contribution in [3.8, 4) is 17.2 Å². The fourth-order valence-corrected chi connectivity index (χ4v) is 2.21. The maximum absolute atomic E-state index is 12.3. The van der Waals surface area contributed by atoms with Crippen LogP contribution in [0.5, 0.6) is 5.75 Å². The van der Waals surface area contributed by atoms with Gasteiger partial charge in [0.25, 0.3) is 11.8 Å². The molecule has 3 rings (SSSR count). The maximum atomic E-state index is 12.3. The number of carbonyl (C=O) groups is 1. The molecule has 0 aliphatic rings. The van der Waals surface area contributed by atoms with Crippen LogP contribution < -0.4 is 9.64 Å².